The number of hydrogen-bond donors (Lipinski definition) is 2. The summed E-state index contributed by atoms with van der Waals surface area (Å²) >= 11 is 0. The van der Waals surface area contributed by atoms with Gasteiger partial charge >= 0.3 is 0 Å². The molecule has 6 nitrogen and oxygen atoms in total. The van der Waals surface area contributed by atoms with Crippen molar-refractivity contribution in [3.8, 4) is 23.8 Å². The van der Waals surface area contributed by atoms with Crippen molar-refractivity contribution in [2.75, 3.05) is 27.3 Å². The minimum absolute atomic E-state index is 0.206. The fourth-order valence-electron chi connectivity index (χ4n) is 4.04. The molecule has 0 bridgehead atoms. The van der Waals surface area contributed by atoms with Crippen LogP contribution in [0, 0.1) is 12.3 Å². The van der Waals surface area contributed by atoms with Gasteiger partial charge in [-0.2, -0.15) is 0 Å². The van der Waals surface area contributed by atoms with Crippen LogP contribution in [0.2, 0.25) is 0 Å². The molecule has 0 amide bonds. The highest BCUT2D eigenvalue weighted by atomic mass is 16.5. The first kappa shape index (κ1) is 23.5. The van der Waals surface area contributed by atoms with E-state index in [0.717, 1.165) is 37.5 Å². The van der Waals surface area contributed by atoms with E-state index in [1.54, 1.807) is 14.2 Å². The number of rotatable bonds is 8. The number of likely N-dealkylation sites (tertiary alicyclic amines) is 1. The first-order chi connectivity index (χ1) is 15.6. The lowest BCUT2D eigenvalue weighted by atomic mass is 9.97. The van der Waals surface area contributed by atoms with Crippen molar-refractivity contribution >= 4 is 5.96 Å². The second-order valence-corrected chi connectivity index (χ2v) is 8.07. The van der Waals surface area contributed by atoms with Gasteiger partial charge in [0.25, 0.3) is 0 Å². The number of methoxy groups -OCH3 is 1. The summed E-state index contributed by atoms with van der Waals surface area (Å²) in [7, 11) is 3.42. The Balaban J connectivity index is 1.50. The minimum Gasteiger partial charge on any atom is -0.493 e. The van der Waals surface area contributed by atoms with Crippen molar-refractivity contribution in [1.29, 1.82) is 0 Å². The second-order valence-electron chi connectivity index (χ2n) is 8.07. The van der Waals surface area contributed by atoms with Crippen LogP contribution in [0.5, 0.6) is 11.5 Å². The Morgan fingerprint density at radius 1 is 1.19 bits per heavy atom. The van der Waals surface area contributed by atoms with Gasteiger partial charge in [0.15, 0.2) is 17.5 Å². The van der Waals surface area contributed by atoms with Gasteiger partial charge in [-0.1, -0.05) is 42.3 Å². The van der Waals surface area contributed by atoms with Crippen LogP contribution >= 0.6 is 0 Å². The lowest BCUT2D eigenvalue weighted by Gasteiger charge is -2.38. The number of piperidine rings is 1. The Bertz CT molecular complexity index is 923. The number of aliphatic imine (C=N–C) groups is 1. The van der Waals surface area contributed by atoms with Crippen LogP contribution in [-0.2, 0) is 13.1 Å². The Kier molecular flexibility index (Phi) is 8.82. The molecule has 32 heavy (non-hydrogen) atoms. The molecule has 2 N–H and O–H groups in total. The van der Waals surface area contributed by atoms with Crippen LogP contribution in [-0.4, -0.2) is 50.3 Å². The average molecular weight is 435 g/mol. The van der Waals surface area contributed by atoms with Crippen molar-refractivity contribution in [1.82, 2.24) is 15.5 Å². The summed E-state index contributed by atoms with van der Waals surface area (Å²) in [5.74, 6) is 4.61. The zero-order valence-electron chi connectivity index (χ0n) is 19.3. The maximum Gasteiger partial charge on any atom is 0.191 e. The maximum atomic E-state index is 5.60. The van der Waals surface area contributed by atoms with Crippen LogP contribution in [0.1, 0.15) is 30.9 Å². The molecular weight excluding hydrogens is 400 g/mol. The molecular formula is C26H34N4O2. The Morgan fingerprint density at radius 2 is 2.00 bits per heavy atom. The van der Waals surface area contributed by atoms with Crippen LogP contribution in [0.25, 0.3) is 0 Å². The van der Waals surface area contributed by atoms with Gasteiger partial charge < -0.3 is 20.1 Å². The molecule has 2 unspecified atom stereocenters. The van der Waals surface area contributed by atoms with Crippen molar-refractivity contribution in [3.05, 3.63) is 59.7 Å². The third-order valence-corrected chi connectivity index (χ3v) is 5.81. The standard InChI is InChI=1S/C26H34N4O2/c1-5-15-32-25-17-22(11-12-24(25)31-4)18-28-26(27-3)29-23-13-14-30(20(2)16-23)19-21-9-7-6-8-10-21/h1,6-12,17,20,23H,13-16,18-19H2,2-4H3,(H2,27,28,29). The topological polar surface area (TPSA) is 58.1 Å². The zero-order chi connectivity index (χ0) is 22.8. The Morgan fingerprint density at radius 3 is 2.69 bits per heavy atom. The van der Waals surface area contributed by atoms with Crippen molar-refractivity contribution in [2.24, 2.45) is 4.99 Å². The maximum absolute atomic E-state index is 5.60. The highest BCUT2D eigenvalue weighted by molar-refractivity contribution is 5.80. The van der Waals surface area contributed by atoms with Gasteiger partial charge in [0.1, 0.15) is 6.61 Å². The summed E-state index contributed by atoms with van der Waals surface area (Å²) in [5, 5.41) is 7.00. The normalized spacial score (nSPS) is 19.1. The van der Waals surface area contributed by atoms with E-state index in [9.17, 15) is 0 Å². The fraction of sp³-hybridized carbons (Fsp3) is 0.423. The largest absolute Gasteiger partial charge is 0.493 e. The van der Waals surface area contributed by atoms with E-state index in [1.165, 1.54) is 5.56 Å². The number of guanidine groups is 1. The van der Waals surface area contributed by atoms with Gasteiger partial charge in [-0.15, -0.1) is 6.42 Å². The molecule has 1 aliphatic rings. The highest BCUT2D eigenvalue weighted by Crippen LogP contribution is 2.28. The molecule has 2 aromatic rings. The molecule has 2 aromatic carbocycles. The lowest BCUT2D eigenvalue weighted by molar-refractivity contribution is 0.134. The molecule has 170 valence electrons. The third-order valence-electron chi connectivity index (χ3n) is 5.81. The third kappa shape index (κ3) is 6.66. The number of benzene rings is 2. The van der Waals surface area contributed by atoms with Crippen molar-refractivity contribution in [2.45, 2.75) is 44.9 Å². The summed E-state index contributed by atoms with van der Waals surface area (Å²) in [5.41, 5.74) is 2.43. The van der Waals surface area contributed by atoms with Gasteiger partial charge in [0.05, 0.1) is 7.11 Å². The smallest absolute Gasteiger partial charge is 0.191 e. The molecule has 0 aliphatic carbocycles. The lowest BCUT2D eigenvalue weighted by Crippen LogP contribution is -2.51. The summed E-state index contributed by atoms with van der Waals surface area (Å²) in [4.78, 5) is 6.97. The number of nitrogens with one attached hydrogen (secondary N) is 2. The number of terminal acetylenes is 1. The summed E-state index contributed by atoms with van der Waals surface area (Å²) in [6, 6.07) is 17.4. The number of nitrogens with zero attached hydrogens (tertiary/aromatic N) is 2. The van der Waals surface area contributed by atoms with Crippen LogP contribution < -0.4 is 20.1 Å². The molecule has 6 heteroatoms. The van der Waals surface area contributed by atoms with Gasteiger partial charge in [-0.25, -0.2) is 0 Å². The first-order valence-corrected chi connectivity index (χ1v) is 11.1. The van der Waals surface area contributed by atoms with Gasteiger partial charge in [-0.3, -0.25) is 9.89 Å². The van der Waals surface area contributed by atoms with Crippen molar-refractivity contribution in [3.63, 3.8) is 0 Å². The van der Waals surface area contributed by atoms with E-state index >= 15 is 0 Å². The van der Waals surface area contributed by atoms with Crippen LogP contribution in [0.15, 0.2) is 53.5 Å². The first-order valence-electron chi connectivity index (χ1n) is 11.1. The fourth-order valence-corrected chi connectivity index (χ4v) is 4.04. The van der Waals surface area contributed by atoms with E-state index < -0.39 is 0 Å². The second kappa shape index (κ2) is 12.0. The monoisotopic (exact) mass is 434 g/mol. The highest BCUT2D eigenvalue weighted by Gasteiger charge is 2.26. The molecule has 0 spiro atoms. The average Bonchev–Trinajstić information content (AvgIpc) is 2.82. The molecule has 0 aromatic heterocycles. The molecule has 0 saturated carbocycles. The van der Waals surface area contributed by atoms with E-state index in [-0.39, 0.29) is 6.61 Å². The Hall–Kier alpha value is -3.17. The minimum atomic E-state index is 0.206. The molecule has 1 heterocycles. The zero-order valence-corrected chi connectivity index (χ0v) is 19.3. The van der Waals surface area contributed by atoms with Crippen molar-refractivity contribution < 1.29 is 9.47 Å². The predicted octanol–water partition coefficient (Wildman–Crippen LogP) is 3.43. The van der Waals surface area contributed by atoms with E-state index in [2.05, 4.69) is 63.7 Å². The van der Waals surface area contributed by atoms with Gasteiger partial charge in [-0.05, 0) is 43.0 Å². The molecule has 1 saturated heterocycles. The summed E-state index contributed by atoms with van der Waals surface area (Å²) < 4.78 is 10.9. The molecule has 1 fully saturated rings. The predicted molar refractivity (Wildman–Crippen MR) is 130 cm³/mol. The molecule has 2 atom stereocenters. The van der Waals surface area contributed by atoms with Crippen LogP contribution in [0.4, 0.5) is 0 Å². The van der Waals surface area contributed by atoms with E-state index in [1.807, 2.05) is 18.2 Å². The van der Waals surface area contributed by atoms with E-state index in [4.69, 9.17) is 15.9 Å². The SMILES string of the molecule is C#CCOc1cc(CNC(=NC)NC2CCN(Cc3ccccc3)C(C)C2)ccc1OC. The van der Waals surface area contributed by atoms with Gasteiger partial charge in [0, 0.05) is 38.8 Å². The van der Waals surface area contributed by atoms with Crippen LogP contribution in [0.3, 0.4) is 0 Å². The molecule has 1 aliphatic heterocycles. The molecule has 3 rings (SSSR count). The quantitative estimate of drug-likeness (QED) is 0.379. The van der Waals surface area contributed by atoms with Gasteiger partial charge in [0.2, 0.25) is 0 Å². The summed E-state index contributed by atoms with van der Waals surface area (Å²) in [6.45, 7) is 5.21. The Labute approximate surface area is 192 Å². The number of hydrogen-bond acceptors (Lipinski definition) is 4. The molecule has 0 radical (unpaired) electrons. The summed E-state index contributed by atoms with van der Waals surface area (Å²) in [6.07, 6.45) is 7.48. The number of ether oxygens (including phenoxy) is 2. The van der Waals surface area contributed by atoms with E-state index in [0.29, 0.717) is 30.1 Å².